The molecule has 0 radical (unpaired) electrons. The van der Waals surface area contributed by atoms with Crippen LogP contribution in [0.2, 0.25) is 5.02 Å². The largest absolute Gasteiger partial charge is 0.496 e. The first-order valence-electron chi connectivity index (χ1n) is 10.4. The van der Waals surface area contributed by atoms with E-state index in [1.807, 2.05) is 7.05 Å². The minimum absolute atomic E-state index is 0.0600. The molecule has 0 N–H and O–H groups in total. The normalized spacial score (nSPS) is 14.5. The molecule has 160 valence electrons. The van der Waals surface area contributed by atoms with E-state index >= 15 is 0 Å². The van der Waals surface area contributed by atoms with Gasteiger partial charge in [0.25, 0.3) is 5.91 Å². The van der Waals surface area contributed by atoms with E-state index in [1.165, 1.54) is 12.7 Å². The van der Waals surface area contributed by atoms with Gasteiger partial charge in [-0.15, -0.1) is 0 Å². The SMILES string of the molecule is CCc1ccc(CN(C)C(=O)C2CCN(C(=O)c3cc(Cl)ccc3OC)CC2)cc1. The Morgan fingerprint density at radius 1 is 1.10 bits per heavy atom. The molecular weight excluding hydrogens is 400 g/mol. The Balaban J connectivity index is 1.57. The molecule has 6 heteroatoms. The summed E-state index contributed by atoms with van der Waals surface area (Å²) in [6, 6.07) is 13.4. The van der Waals surface area contributed by atoms with Crippen LogP contribution in [0.15, 0.2) is 42.5 Å². The van der Waals surface area contributed by atoms with Crippen LogP contribution in [0, 0.1) is 5.92 Å². The Labute approximate surface area is 183 Å². The number of hydrogen-bond acceptors (Lipinski definition) is 3. The maximum atomic E-state index is 12.9. The topological polar surface area (TPSA) is 49.9 Å². The number of methoxy groups -OCH3 is 1. The van der Waals surface area contributed by atoms with Gasteiger partial charge in [0.2, 0.25) is 5.91 Å². The molecule has 0 aliphatic carbocycles. The number of aryl methyl sites for hydroxylation is 1. The zero-order valence-corrected chi connectivity index (χ0v) is 18.6. The second-order valence-electron chi connectivity index (χ2n) is 7.78. The smallest absolute Gasteiger partial charge is 0.257 e. The van der Waals surface area contributed by atoms with Gasteiger partial charge in [-0.05, 0) is 48.6 Å². The number of benzene rings is 2. The van der Waals surface area contributed by atoms with Crippen molar-refractivity contribution >= 4 is 23.4 Å². The zero-order chi connectivity index (χ0) is 21.7. The van der Waals surface area contributed by atoms with Gasteiger partial charge in [0.1, 0.15) is 5.75 Å². The lowest BCUT2D eigenvalue weighted by molar-refractivity contribution is -0.136. The fraction of sp³-hybridized carbons (Fsp3) is 0.417. The van der Waals surface area contributed by atoms with Gasteiger partial charge < -0.3 is 14.5 Å². The van der Waals surface area contributed by atoms with Crippen molar-refractivity contribution < 1.29 is 14.3 Å². The van der Waals surface area contributed by atoms with Gasteiger partial charge in [0.05, 0.1) is 12.7 Å². The van der Waals surface area contributed by atoms with E-state index in [0.29, 0.717) is 48.8 Å². The van der Waals surface area contributed by atoms with Crippen LogP contribution in [0.3, 0.4) is 0 Å². The van der Waals surface area contributed by atoms with Gasteiger partial charge in [-0.1, -0.05) is 42.8 Å². The van der Waals surface area contributed by atoms with E-state index in [-0.39, 0.29) is 17.7 Å². The van der Waals surface area contributed by atoms with E-state index in [0.717, 1.165) is 12.0 Å². The van der Waals surface area contributed by atoms with Crippen molar-refractivity contribution in [2.24, 2.45) is 5.92 Å². The second kappa shape index (κ2) is 9.98. The van der Waals surface area contributed by atoms with Crippen LogP contribution in [0.25, 0.3) is 0 Å². The summed E-state index contributed by atoms with van der Waals surface area (Å²) in [5.41, 5.74) is 2.88. The number of ether oxygens (including phenoxy) is 1. The molecule has 1 aliphatic heterocycles. The maximum absolute atomic E-state index is 12.9. The van der Waals surface area contributed by atoms with E-state index in [4.69, 9.17) is 16.3 Å². The average Bonchev–Trinajstić information content (AvgIpc) is 2.78. The lowest BCUT2D eigenvalue weighted by atomic mass is 9.94. The van der Waals surface area contributed by atoms with Crippen LogP contribution >= 0.6 is 11.6 Å². The number of likely N-dealkylation sites (tertiary alicyclic amines) is 1. The number of carbonyl (C=O) groups is 2. The van der Waals surface area contributed by atoms with Gasteiger partial charge in [-0.3, -0.25) is 9.59 Å². The third kappa shape index (κ3) is 5.14. The zero-order valence-electron chi connectivity index (χ0n) is 17.9. The van der Waals surface area contributed by atoms with Crippen molar-refractivity contribution in [1.29, 1.82) is 0 Å². The Hall–Kier alpha value is -2.53. The van der Waals surface area contributed by atoms with Crippen LogP contribution in [0.4, 0.5) is 0 Å². The highest BCUT2D eigenvalue weighted by atomic mass is 35.5. The van der Waals surface area contributed by atoms with Crippen LogP contribution < -0.4 is 4.74 Å². The van der Waals surface area contributed by atoms with Crippen LogP contribution in [0.1, 0.15) is 41.3 Å². The lowest BCUT2D eigenvalue weighted by Gasteiger charge is -2.33. The van der Waals surface area contributed by atoms with Crippen LogP contribution in [-0.2, 0) is 17.8 Å². The number of nitrogens with zero attached hydrogens (tertiary/aromatic N) is 2. The molecule has 1 aliphatic rings. The van der Waals surface area contributed by atoms with Crippen LogP contribution in [0.5, 0.6) is 5.75 Å². The van der Waals surface area contributed by atoms with Crippen molar-refractivity contribution in [3.05, 3.63) is 64.2 Å². The van der Waals surface area contributed by atoms with Gasteiger partial charge in [-0.2, -0.15) is 0 Å². The molecule has 0 atom stereocenters. The van der Waals surface area contributed by atoms with E-state index in [2.05, 4.69) is 31.2 Å². The highest BCUT2D eigenvalue weighted by Gasteiger charge is 2.30. The quantitative estimate of drug-likeness (QED) is 0.684. The molecule has 1 saturated heterocycles. The number of halogens is 1. The van der Waals surface area contributed by atoms with Crippen molar-refractivity contribution in [3.8, 4) is 5.75 Å². The minimum Gasteiger partial charge on any atom is -0.496 e. The monoisotopic (exact) mass is 428 g/mol. The van der Waals surface area contributed by atoms with Gasteiger partial charge in [-0.25, -0.2) is 0 Å². The first-order valence-corrected chi connectivity index (χ1v) is 10.8. The Bertz CT molecular complexity index is 890. The van der Waals surface area contributed by atoms with Crippen molar-refractivity contribution in [1.82, 2.24) is 9.80 Å². The fourth-order valence-corrected chi connectivity index (χ4v) is 4.06. The van der Waals surface area contributed by atoms with Crippen molar-refractivity contribution in [2.45, 2.75) is 32.7 Å². The minimum atomic E-state index is -0.107. The number of carbonyl (C=O) groups excluding carboxylic acids is 2. The third-order valence-electron chi connectivity index (χ3n) is 5.75. The third-order valence-corrected chi connectivity index (χ3v) is 5.99. The van der Waals surface area contributed by atoms with Crippen molar-refractivity contribution in [3.63, 3.8) is 0 Å². The molecule has 0 spiro atoms. The van der Waals surface area contributed by atoms with Gasteiger partial charge in [0, 0.05) is 37.6 Å². The summed E-state index contributed by atoms with van der Waals surface area (Å²) in [6.07, 6.45) is 2.33. The molecular formula is C24H29ClN2O3. The summed E-state index contributed by atoms with van der Waals surface area (Å²) >= 11 is 6.06. The van der Waals surface area contributed by atoms with Gasteiger partial charge >= 0.3 is 0 Å². The average molecular weight is 429 g/mol. The highest BCUT2D eigenvalue weighted by molar-refractivity contribution is 6.31. The molecule has 0 bridgehead atoms. The maximum Gasteiger partial charge on any atom is 0.257 e. The summed E-state index contributed by atoms with van der Waals surface area (Å²) in [6.45, 7) is 3.82. The fourth-order valence-electron chi connectivity index (χ4n) is 3.89. The summed E-state index contributed by atoms with van der Waals surface area (Å²) < 4.78 is 5.31. The predicted molar refractivity (Wildman–Crippen MR) is 119 cm³/mol. The number of piperidine rings is 1. The molecule has 2 aromatic rings. The highest BCUT2D eigenvalue weighted by Crippen LogP contribution is 2.27. The molecule has 3 rings (SSSR count). The first-order chi connectivity index (χ1) is 14.4. The molecule has 0 aromatic heterocycles. The van der Waals surface area contributed by atoms with E-state index < -0.39 is 0 Å². The molecule has 1 heterocycles. The first kappa shape index (κ1) is 22.2. The van der Waals surface area contributed by atoms with Gasteiger partial charge in [0.15, 0.2) is 0 Å². The molecule has 30 heavy (non-hydrogen) atoms. The predicted octanol–water partition coefficient (Wildman–Crippen LogP) is 4.42. The van der Waals surface area contributed by atoms with Crippen molar-refractivity contribution in [2.75, 3.05) is 27.2 Å². The molecule has 2 amide bonds. The standard InChI is InChI=1S/C24H29ClN2O3/c1-4-17-5-7-18(8-6-17)16-26(2)23(28)19-11-13-27(14-12-19)24(29)21-15-20(25)9-10-22(21)30-3/h5-10,15,19H,4,11-14,16H2,1-3H3. The Kier molecular flexibility index (Phi) is 7.38. The Morgan fingerprint density at radius 3 is 2.33 bits per heavy atom. The summed E-state index contributed by atoms with van der Waals surface area (Å²) in [7, 11) is 3.39. The van der Waals surface area contributed by atoms with E-state index in [1.54, 1.807) is 28.0 Å². The van der Waals surface area contributed by atoms with E-state index in [9.17, 15) is 9.59 Å². The number of amides is 2. The molecule has 0 unspecified atom stereocenters. The molecule has 0 saturated carbocycles. The summed E-state index contributed by atoms with van der Waals surface area (Å²) in [5, 5.41) is 0.498. The molecule has 1 fully saturated rings. The number of rotatable bonds is 6. The summed E-state index contributed by atoms with van der Waals surface area (Å²) in [5.74, 6) is 0.485. The number of hydrogen-bond donors (Lipinski definition) is 0. The second-order valence-corrected chi connectivity index (χ2v) is 8.21. The van der Waals surface area contributed by atoms with Crippen LogP contribution in [-0.4, -0.2) is 48.9 Å². The molecule has 5 nitrogen and oxygen atoms in total. The molecule has 2 aromatic carbocycles. The Morgan fingerprint density at radius 2 is 1.73 bits per heavy atom. The summed E-state index contributed by atoms with van der Waals surface area (Å²) in [4.78, 5) is 29.4. The lowest BCUT2D eigenvalue weighted by Crippen LogP contribution is -2.43.